The summed E-state index contributed by atoms with van der Waals surface area (Å²) in [6.07, 6.45) is 4.70. The van der Waals surface area contributed by atoms with Crippen LogP contribution in [0.4, 0.5) is 0 Å². The molecule has 1 heterocycles. The number of ether oxygens (including phenoxy) is 2. The predicted molar refractivity (Wildman–Crippen MR) is 135 cm³/mol. The summed E-state index contributed by atoms with van der Waals surface area (Å²) in [7, 11) is 3.52. The highest BCUT2D eigenvalue weighted by Crippen LogP contribution is 2.36. The molecule has 0 aliphatic rings. The lowest BCUT2D eigenvalue weighted by Crippen LogP contribution is -2.12. The number of rotatable bonds is 9. The van der Waals surface area contributed by atoms with E-state index < -0.39 is 5.97 Å². The molecule has 0 amide bonds. The minimum absolute atomic E-state index is 0.0881. The predicted octanol–water partition coefficient (Wildman–Crippen LogP) is 6.80. The molecule has 0 radical (unpaired) electrons. The largest absolute Gasteiger partial charge is 0.482 e. The summed E-state index contributed by atoms with van der Waals surface area (Å²) in [5.41, 5.74) is 7.53. The number of aryl methyl sites for hydroxylation is 2. The van der Waals surface area contributed by atoms with Crippen molar-refractivity contribution in [2.24, 2.45) is 7.05 Å². The maximum Gasteiger partial charge on any atom is 0.343 e. The smallest absolute Gasteiger partial charge is 0.343 e. The van der Waals surface area contributed by atoms with Crippen LogP contribution in [0.25, 0.3) is 33.3 Å². The van der Waals surface area contributed by atoms with Gasteiger partial charge in [0.2, 0.25) is 0 Å². The lowest BCUT2D eigenvalue weighted by molar-refractivity contribution is -0.142. The van der Waals surface area contributed by atoms with Crippen molar-refractivity contribution in [2.75, 3.05) is 13.7 Å². The van der Waals surface area contributed by atoms with E-state index in [2.05, 4.69) is 71.8 Å². The highest BCUT2D eigenvalue weighted by molar-refractivity contribution is 5.94. The third kappa shape index (κ3) is 4.95. The van der Waals surface area contributed by atoms with Crippen molar-refractivity contribution in [3.63, 3.8) is 0 Å². The molecule has 4 aromatic rings. The van der Waals surface area contributed by atoms with Gasteiger partial charge in [-0.25, -0.2) is 4.79 Å². The van der Waals surface area contributed by atoms with Gasteiger partial charge in [0.1, 0.15) is 5.75 Å². The average Bonchev–Trinajstić information content (AvgIpc) is 3.14. The second kappa shape index (κ2) is 10.4. The van der Waals surface area contributed by atoms with Crippen LogP contribution >= 0.6 is 0 Å². The second-order valence-electron chi connectivity index (χ2n) is 8.33. The zero-order valence-corrected chi connectivity index (χ0v) is 19.6. The first-order chi connectivity index (χ1) is 16.1. The highest BCUT2D eigenvalue weighted by atomic mass is 16.6. The third-order valence-electron chi connectivity index (χ3n) is 6.15. The molecule has 0 unspecified atom stereocenters. The first-order valence-electron chi connectivity index (χ1n) is 11.6. The van der Waals surface area contributed by atoms with E-state index in [-0.39, 0.29) is 6.61 Å². The van der Waals surface area contributed by atoms with Gasteiger partial charge in [-0.05, 0) is 59.4 Å². The molecule has 0 atom stereocenters. The fourth-order valence-corrected chi connectivity index (χ4v) is 4.41. The molecule has 0 saturated carbocycles. The van der Waals surface area contributed by atoms with E-state index in [1.54, 1.807) is 0 Å². The van der Waals surface area contributed by atoms with Gasteiger partial charge in [0.15, 0.2) is 6.61 Å². The van der Waals surface area contributed by atoms with E-state index in [1.807, 2.05) is 24.3 Å². The molecule has 4 heteroatoms. The fourth-order valence-electron chi connectivity index (χ4n) is 4.41. The quantitative estimate of drug-likeness (QED) is 0.212. The molecule has 4 rings (SSSR count). The molecule has 33 heavy (non-hydrogen) atoms. The van der Waals surface area contributed by atoms with Gasteiger partial charge in [0, 0.05) is 18.0 Å². The van der Waals surface area contributed by atoms with Crippen molar-refractivity contribution in [1.29, 1.82) is 0 Å². The van der Waals surface area contributed by atoms with Gasteiger partial charge in [-0.3, -0.25) is 0 Å². The lowest BCUT2D eigenvalue weighted by atomic mass is 9.97. The number of benzene rings is 3. The molecule has 0 bridgehead atoms. The Morgan fingerprint density at radius 2 is 1.61 bits per heavy atom. The average molecular weight is 442 g/mol. The van der Waals surface area contributed by atoms with E-state index in [1.165, 1.54) is 59.7 Å². The fraction of sp³-hybridized carbons (Fsp3) is 0.276. The van der Waals surface area contributed by atoms with E-state index in [0.29, 0.717) is 5.75 Å². The molecule has 0 aliphatic heterocycles. The zero-order chi connectivity index (χ0) is 23.2. The summed E-state index contributed by atoms with van der Waals surface area (Å²) < 4.78 is 12.4. The lowest BCUT2D eigenvalue weighted by Gasteiger charge is -2.08. The molecular formula is C29H31NO3. The molecule has 0 saturated heterocycles. The molecule has 3 aromatic carbocycles. The zero-order valence-electron chi connectivity index (χ0n) is 19.6. The van der Waals surface area contributed by atoms with Crippen molar-refractivity contribution in [2.45, 2.75) is 32.6 Å². The van der Waals surface area contributed by atoms with Crippen molar-refractivity contribution >= 4 is 16.9 Å². The topological polar surface area (TPSA) is 40.5 Å². The number of esters is 1. The van der Waals surface area contributed by atoms with Gasteiger partial charge in [-0.15, -0.1) is 0 Å². The number of unbranched alkanes of at least 4 members (excludes halogenated alkanes) is 2. The highest BCUT2D eigenvalue weighted by Gasteiger charge is 2.17. The number of methoxy groups -OCH3 is 1. The Bertz CT molecular complexity index is 1220. The maximum absolute atomic E-state index is 11.3. The van der Waals surface area contributed by atoms with Crippen molar-refractivity contribution < 1.29 is 14.3 Å². The van der Waals surface area contributed by atoms with Crippen LogP contribution in [-0.2, 0) is 23.0 Å². The molecular weight excluding hydrogens is 410 g/mol. The van der Waals surface area contributed by atoms with E-state index in [4.69, 9.17) is 4.74 Å². The van der Waals surface area contributed by atoms with Crippen LogP contribution in [0.1, 0.15) is 31.7 Å². The number of fused-ring (bicyclic) bond motifs is 1. The van der Waals surface area contributed by atoms with Crippen LogP contribution in [0.15, 0.2) is 72.8 Å². The summed E-state index contributed by atoms with van der Waals surface area (Å²) in [4.78, 5) is 11.3. The first-order valence-corrected chi connectivity index (χ1v) is 11.6. The molecule has 0 spiro atoms. The van der Waals surface area contributed by atoms with Gasteiger partial charge >= 0.3 is 5.97 Å². The monoisotopic (exact) mass is 441 g/mol. The normalized spacial score (nSPS) is 11.0. The van der Waals surface area contributed by atoms with Crippen LogP contribution < -0.4 is 4.74 Å². The van der Waals surface area contributed by atoms with Gasteiger partial charge in [-0.1, -0.05) is 68.3 Å². The number of nitrogens with zero attached hydrogens (tertiary/aromatic N) is 1. The number of aromatic nitrogens is 1. The van der Waals surface area contributed by atoms with Gasteiger partial charge < -0.3 is 14.0 Å². The molecule has 0 N–H and O–H groups in total. The Balaban J connectivity index is 1.71. The number of carbonyl (C=O) groups is 1. The van der Waals surface area contributed by atoms with Gasteiger partial charge in [-0.2, -0.15) is 0 Å². The minimum atomic E-state index is -0.390. The van der Waals surface area contributed by atoms with Crippen molar-refractivity contribution in [1.82, 2.24) is 4.57 Å². The van der Waals surface area contributed by atoms with Crippen molar-refractivity contribution in [3.05, 3.63) is 78.4 Å². The minimum Gasteiger partial charge on any atom is -0.482 e. The van der Waals surface area contributed by atoms with Crippen LogP contribution in [0.3, 0.4) is 0 Å². The number of hydrogen-bond acceptors (Lipinski definition) is 3. The summed E-state index contributed by atoms with van der Waals surface area (Å²) in [5.74, 6) is 0.259. The van der Waals surface area contributed by atoms with Crippen LogP contribution in [-0.4, -0.2) is 24.3 Å². The summed E-state index contributed by atoms with van der Waals surface area (Å²) in [6.45, 7) is 2.16. The first kappa shape index (κ1) is 22.7. The maximum atomic E-state index is 11.3. The molecule has 1 aromatic heterocycles. The van der Waals surface area contributed by atoms with Gasteiger partial charge in [0.25, 0.3) is 0 Å². The van der Waals surface area contributed by atoms with Crippen LogP contribution in [0.5, 0.6) is 5.75 Å². The van der Waals surface area contributed by atoms with Gasteiger partial charge in [0.05, 0.1) is 12.8 Å². The van der Waals surface area contributed by atoms with E-state index in [9.17, 15) is 4.79 Å². The molecule has 170 valence electrons. The summed E-state index contributed by atoms with van der Waals surface area (Å²) in [5, 5.41) is 1.32. The van der Waals surface area contributed by atoms with Crippen molar-refractivity contribution in [3.8, 4) is 28.1 Å². The Kier molecular flexibility index (Phi) is 7.13. The standard InChI is InChI=1S/C29H31NO3/c1-4-5-7-12-25-26-19-23(21-13-16-24(17-14-21)33-20-28(31)32-3)15-18-27(26)30(2)29(25)22-10-8-6-9-11-22/h6,8-11,13-19H,4-5,7,12,20H2,1-3H3. The van der Waals surface area contributed by atoms with Crippen LogP contribution in [0, 0.1) is 0 Å². The van der Waals surface area contributed by atoms with Crippen LogP contribution in [0.2, 0.25) is 0 Å². The molecule has 0 aliphatic carbocycles. The Morgan fingerprint density at radius 1 is 0.879 bits per heavy atom. The molecule has 0 fully saturated rings. The summed E-state index contributed by atoms with van der Waals surface area (Å²) in [6, 6.07) is 25.3. The Hall–Kier alpha value is -3.53. The third-order valence-corrected chi connectivity index (χ3v) is 6.15. The SMILES string of the molecule is CCCCCc1c(-c2ccccc2)n(C)c2ccc(-c3ccc(OCC(=O)OC)cc3)cc12. The number of carbonyl (C=O) groups excluding carboxylic acids is 1. The summed E-state index contributed by atoms with van der Waals surface area (Å²) >= 11 is 0. The number of hydrogen-bond donors (Lipinski definition) is 0. The second-order valence-corrected chi connectivity index (χ2v) is 8.33. The van der Waals surface area contributed by atoms with E-state index in [0.717, 1.165) is 12.0 Å². The Labute approximate surface area is 195 Å². The molecule has 4 nitrogen and oxygen atoms in total. The Morgan fingerprint density at radius 3 is 2.30 bits per heavy atom. The van der Waals surface area contributed by atoms with E-state index >= 15 is 0 Å².